The molecule has 11 aromatic carbocycles. The maximum absolute atomic E-state index is 6.81. The van der Waals surface area contributed by atoms with Crippen LogP contribution < -0.4 is 4.90 Å². The lowest BCUT2D eigenvalue weighted by atomic mass is 9.99. The predicted octanol–water partition coefficient (Wildman–Crippen LogP) is 18.0. The summed E-state index contributed by atoms with van der Waals surface area (Å²) in [6, 6.07) is 91.6. The van der Waals surface area contributed by atoms with Gasteiger partial charge >= 0.3 is 0 Å². The van der Waals surface area contributed by atoms with Crippen LogP contribution >= 0.6 is 0 Å². The summed E-state index contributed by atoms with van der Waals surface area (Å²) in [6.45, 7) is 0. The number of furan rings is 1. The molecule has 3 heteroatoms. The molecular weight excluding hydrogens is 813 g/mol. The molecule has 13 rings (SSSR count). The highest BCUT2D eigenvalue weighted by Gasteiger charge is 2.21. The van der Waals surface area contributed by atoms with Gasteiger partial charge in [-0.15, -0.1) is 0 Å². The van der Waals surface area contributed by atoms with Crippen molar-refractivity contribution < 1.29 is 4.42 Å². The van der Waals surface area contributed by atoms with Gasteiger partial charge in [0, 0.05) is 38.6 Å². The van der Waals surface area contributed by atoms with E-state index in [1.807, 2.05) is 0 Å². The molecule has 0 aliphatic heterocycles. The fourth-order valence-electron chi connectivity index (χ4n) is 10.1. The second kappa shape index (κ2) is 16.0. The van der Waals surface area contributed by atoms with Gasteiger partial charge in [0.05, 0.1) is 16.7 Å². The Morgan fingerprint density at radius 3 is 1.25 bits per heavy atom. The van der Waals surface area contributed by atoms with E-state index in [4.69, 9.17) is 4.42 Å². The number of benzene rings is 11. The van der Waals surface area contributed by atoms with E-state index in [-0.39, 0.29) is 0 Å². The molecule has 0 radical (unpaired) electrons. The average Bonchev–Trinajstić information content (AvgIpc) is 3.97. The highest BCUT2D eigenvalue weighted by molar-refractivity contribution is 6.21. The van der Waals surface area contributed by atoms with Crippen LogP contribution in [0.4, 0.5) is 17.1 Å². The second-order valence-corrected chi connectivity index (χ2v) is 17.3. The third-order valence-electron chi connectivity index (χ3n) is 13.4. The van der Waals surface area contributed by atoms with Crippen LogP contribution in [0.2, 0.25) is 0 Å². The summed E-state index contributed by atoms with van der Waals surface area (Å²) in [5.41, 5.74) is 17.9. The number of fused-ring (bicyclic) bond motifs is 8. The molecule has 13 aromatic rings. The average molecular weight is 855 g/mol. The number of rotatable bonds is 8. The minimum Gasteiger partial charge on any atom is -0.454 e. The lowest BCUT2D eigenvalue weighted by Crippen LogP contribution is -2.10. The zero-order valence-electron chi connectivity index (χ0n) is 36.6. The maximum Gasteiger partial charge on any atom is 0.159 e. The first-order valence-electron chi connectivity index (χ1n) is 22.9. The number of hydrogen-bond acceptors (Lipinski definition) is 2. The third-order valence-corrected chi connectivity index (χ3v) is 13.4. The van der Waals surface area contributed by atoms with Crippen molar-refractivity contribution in [2.45, 2.75) is 0 Å². The number of nitrogens with zero attached hydrogens (tertiary/aromatic N) is 2. The summed E-state index contributed by atoms with van der Waals surface area (Å²) in [7, 11) is 0. The topological polar surface area (TPSA) is 21.3 Å². The lowest BCUT2D eigenvalue weighted by molar-refractivity contribution is 0.669. The quantitative estimate of drug-likeness (QED) is 0.152. The molecule has 0 aliphatic rings. The lowest BCUT2D eigenvalue weighted by Gasteiger charge is -2.26. The Balaban J connectivity index is 0.835. The van der Waals surface area contributed by atoms with Gasteiger partial charge in [-0.1, -0.05) is 194 Å². The van der Waals surface area contributed by atoms with E-state index in [0.717, 1.165) is 61.4 Å². The van der Waals surface area contributed by atoms with Gasteiger partial charge < -0.3 is 13.9 Å². The minimum absolute atomic E-state index is 0.859. The van der Waals surface area contributed by atoms with Gasteiger partial charge in [-0.3, -0.25) is 0 Å². The molecular formula is C64H42N2O. The molecule has 0 aliphatic carbocycles. The molecule has 0 unspecified atom stereocenters. The van der Waals surface area contributed by atoms with Gasteiger partial charge in [0.15, 0.2) is 5.58 Å². The van der Waals surface area contributed by atoms with Crippen LogP contribution in [0.1, 0.15) is 0 Å². The summed E-state index contributed by atoms with van der Waals surface area (Å²) in [4.78, 5) is 2.32. The van der Waals surface area contributed by atoms with E-state index < -0.39 is 0 Å². The van der Waals surface area contributed by atoms with Crippen molar-refractivity contribution in [1.29, 1.82) is 0 Å². The van der Waals surface area contributed by atoms with Gasteiger partial charge in [-0.05, 0) is 116 Å². The van der Waals surface area contributed by atoms with E-state index in [9.17, 15) is 0 Å². The second-order valence-electron chi connectivity index (χ2n) is 17.3. The summed E-state index contributed by atoms with van der Waals surface area (Å²) < 4.78 is 9.18. The van der Waals surface area contributed by atoms with Crippen molar-refractivity contribution >= 4 is 71.6 Å². The summed E-state index contributed by atoms with van der Waals surface area (Å²) >= 11 is 0. The monoisotopic (exact) mass is 854 g/mol. The molecule has 0 N–H and O–H groups in total. The molecule has 0 saturated heterocycles. The molecule has 2 aromatic heterocycles. The van der Waals surface area contributed by atoms with E-state index in [1.54, 1.807) is 0 Å². The first-order chi connectivity index (χ1) is 33.2. The number of anilines is 3. The van der Waals surface area contributed by atoms with Crippen LogP contribution in [-0.2, 0) is 0 Å². The van der Waals surface area contributed by atoms with Crippen molar-refractivity contribution in [1.82, 2.24) is 4.57 Å². The van der Waals surface area contributed by atoms with Crippen molar-refractivity contribution in [3.63, 3.8) is 0 Å². The molecule has 3 nitrogen and oxygen atoms in total. The van der Waals surface area contributed by atoms with Gasteiger partial charge in [-0.25, -0.2) is 0 Å². The fraction of sp³-hybridized carbons (Fsp3) is 0. The number of hydrogen-bond donors (Lipinski definition) is 0. The van der Waals surface area contributed by atoms with Gasteiger partial charge in [0.2, 0.25) is 0 Å². The summed E-state index contributed by atoms with van der Waals surface area (Å²) in [6.07, 6.45) is 0. The van der Waals surface area contributed by atoms with Crippen LogP contribution in [0.5, 0.6) is 0 Å². The standard InChI is InChI=1S/C64H42N2O/c1-2-11-43(12-3-1)44-21-23-45(24-22-44)48-29-36-52(37-30-48)65(61-20-10-17-58-63-55-14-5-4-13-51(55)35-42-62(63)67-64(58)61)53-38-31-49(32-39-53)46-25-27-47(28-26-46)50-33-40-54(41-34-50)66-59-18-8-6-15-56(59)57-16-7-9-19-60(57)66/h1-42H. The molecule has 0 spiro atoms. The van der Waals surface area contributed by atoms with Gasteiger partial charge in [0.1, 0.15) is 5.58 Å². The van der Waals surface area contributed by atoms with Crippen LogP contribution in [-0.4, -0.2) is 4.57 Å². The maximum atomic E-state index is 6.81. The van der Waals surface area contributed by atoms with E-state index in [1.165, 1.54) is 60.4 Å². The Morgan fingerprint density at radius 1 is 0.299 bits per heavy atom. The largest absolute Gasteiger partial charge is 0.454 e. The predicted molar refractivity (Wildman–Crippen MR) is 282 cm³/mol. The van der Waals surface area contributed by atoms with Crippen LogP contribution in [0.15, 0.2) is 259 Å². The van der Waals surface area contributed by atoms with E-state index >= 15 is 0 Å². The number of para-hydroxylation sites is 3. The summed E-state index contributed by atoms with van der Waals surface area (Å²) in [5, 5.41) is 7.17. The van der Waals surface area contributed by atoms with Gasteiger partial charge in [-0.2, -0.15) is 0 Å². The van der Waals surface area contributed by atoms with E-state index in [0.29, 0.717) is 0 Å². The Hall–Kier alpha value is -8.92. The first kappa shape index (κ1) is 38.5. The SMILES string of the molecule is c1ccc(-c2ccc(-c3ccc(N(c4ccc(-c5ccc(-c6ccc(-n7c8ccccc8c8ccccc87)cc6)cc5)cc4)c4cccc5c4oc4ccc6ccccc6c45)cc3)cc2)cc1. The van der Waals surface area contributed by atoms with Crippen LogP contribution in [0, 0.1) is 0 Å². The summed E-state index contributed by atoms with van der Waals surface area (Å²) in [5.74, 6) is 0. The van der Waals surface area contributed by atoms with Crippen molar-refractivity contribution in [3.05, 3.63) is 255 Å². The molecule has 2 heterocycles. The molecule has 0 amide bonds. The highest BCUT2D eigenvalue weighted by Crippen LogP contribution is 2.44. The normalized spacial score (nSPS) is 11.6. The molecule has 0 fully saturated rings. The van der Waals surface area contributed by atoms with Crippen molar-refractivity contribution in [2.75, 3.05) is 4.90 Å². The molecule has 0 bridgehead atoms. The Morgan fingerprint density at radius 2 is 0.716 bits per heavy atom. The van der Waals surface area contributed by atoms with Crippen LogP contribution in [0.25, 0.3) is 105 Å². The third kappa shape index (κ3) is 6.67. The van der Waals surface area contributed by atoms with Gasteiger partial charge in [0.25, 0.3) is 0 Å². The van der Waals surface area contributed by atoms with E-state index in [2.05, 4.69) is 264 Å². The first-order valence-corrected chi connectivity index (χ1v) is 22.9. The molecule has 67 heavy (non-hydrogen) atoms. The highest BCUT2D eigenvalue weighted by atomic mass is 16.3. The Kier molecular flexibility index (Phi) is 9.17. The smallest absolute Gasteiger partial charge is 0.159 e. The van der Waals surface area contributed by atoms with Crippen molar-refractivity contribution in [3.8, 4) is 50.2 Å². The molecule has 0 atom stereocenters. The number of aromatic nitrogens is 1. The Labute approximate surface area is 388 Å². The van der Waals surface area contributed by atoms with Crippen LogP contribution in [0.3, 0.4) is 0 Å². The molecule has 0 saturated carbocycles. The zero-order chi connectivity index (χ0) is 44.3. The Bertz CT molecular complexity index is 3870. The minimum atomic E-state index is 0.859. The zero-order valence-corrected chi connectivity index (χ0v) is 36.6. The fourth-order valence-corrected chi connectivity index (χ4v) is 10.1. The molecule has 314 valence electrons. The van der Waals surface area contributed by atoms with Crippen molar-refractivity contribution in [2.24, 2.45) is 0 Å².